The summed E-state index contributed by atoms with van der Waals surface area (Å²) >= 11 is 0. The minimum absolute atomic E-state index is 0.148. The topological polar surface area (TPSA) is 53.1 Å². The van der Waals surface area contributed by atoms with Crippen molar-refractivity contribution < 1.29 is 4.74 Å². The SMILES string of the molecule is COCCn1nccc1C(N)c1ccccc1C. The monoisotopic (exact) mass is 245 g/mol. The highest BCUT2D eigenvalue weighted by Gasteiger charge is 2.15. The second-order valence-electron chi connectivity index (χ2n) is 4.31. The van der Waals surface area contributed by atoms with Gasteiger partial charge in [-0.15, -0.1) is 0 Å². The number of nitrogens with two attached hydrogens (primary N) is 1. The van der Waals surface area contributed by atoms with Gasteiger partial charge in [0.1, 0.15) is 0 Å². The second-order valence-corrected chi connectivity index (χ2v) is 4.31. The van der Waals surface area contributed by atoms with Crippen molar-refractivity contribution in [1.82, 2.24) is 9.78 Å². The maximum Gasteiger partial charge on any atom is 0.0725 e. The van der Waals surface area contributed by atoms with Crippen molar-refractivity contribution in [3.8, 4) is 0 Å². The Bertz CT molecular complexity index is 507. The highest BCUT2D eigenvalue weighted by Crippen LogP contribution is 2.22. The van der Waals surface area contributed by atoms with Crippen molar-refractivity contribution in [2.24, 2.45) is 5.73 Å². The average molecular weight is 245 g/mol. The Hall–Kier alpha value is -1.65. The highest BCUT2D eigenvalue weighted by atomic mass is 16.5. The molecule has 0 aliphatic heterocycles. The molecule has 0 saturated heterocycles. The van der Waals surface area contributed by atoms with Crippen LogP contribution in [0.15, 0.2) is 36.5 Å². The maximum atomic E-state index is 6.33. The van der Waals surface area contributed by atoms with Crippen LogP contribution >= 0.6 is 0 Å². The zero-order valence-corrected chi connectivity index (χ0v) is 10.8. The number of aryl methyl sites for hydroxylation is 1. The number of ether oxygens (including phenoxy) is 1. The smallest absolute Gasteiger partial charge is 0.0725 e. The van der Waals surface area contributed by atoms with E-state index in [4.69, 9.17) is 10.5 Å². The number of rotatable bonds is 5. The fourth-order valence-corrected chi connectivity index (χ4v) is 2.07. The summed E-state index contributed by atoms with van der Waals surface area (Å²) in [5.41, 5.74) is 9.68. The number of hydrogen-bond donors (Lipinski definition) is 1. The highest BCUT2D eigenvalue weighted by molar-refractivity contribution is 5.33. The number of methoxy groups -OCH3 is 1. The van der Waals surface area contributed by atoms with Gasteiger partial charge in [-0.1, -0.05) is 24.3 Å². The molecule has 0 radical (unpaired) electrons. The van der Waals surface area contributed by atoms with Gasteiger partial charge < -0.3 is 10.5 Å². The van der Waals surface area contributed by atoms with E-state index in [1.807, 2.05) is 22.9 Å². The Kier molecular flexibility index (Phi) is 4.12. The minimum atomic E-state index is -0.148. The molecule has 0 amide bonds. The molecular weight excluding hydrogens is 226 g/mol. The van der Waals surface area contributed by atoms with Gasteiger partial charge in [0.05, 0.1) is 24.9 Å². The van der Waals surface area contributed by atoms with E-state index in [9.17, 15) is 0 Å². The lowest BCUT2D eigenvalue weighted by Crippen LogP contribution is -2.19. The number of benzene rings is 1. The van der Waals surface area contributed by atoms with Gasteiger partial charge in [-0.2, -0.15) is 5.10 Å². The molecule has 1 atom stereocenters. The van der Waals surface area contributed by atoms with Crippen LogP contribution in [-0.2, 0) is 11.3 Å². The molecule has 0 aliphatic rings. The molecule has 0 bridgehead atoms. The zero-order valence-electron chi connectivity index (χ0n) is 10.8. The fourth-order valence-electron chi connectivity index (χ4n) is 2.07. The predicted octanol–water partition coefficient (Wildman–Crippen LogP) is 1.89. The van der Waals surface area contributed by atoms with Crippen LogP contribution in [0, 0.1) is 6.92 Å². The van der Waals surface area contributed by atoms with Crippen molar-refractivity contribution in [3.63, 3.8) is 0 Å². The molecule has 1 aromatic heterocycles. The second kappa shape index (κ2) is 5.80. The van der Waals surface area contributed by atoms with E-state index in [0.29, 0.717) is 6.61 Å². The number of nitrogens with zero attached hydrogens (tertiary/aromatic N) is 2. The van der Waals surface area contributed by atoms with E-state index in [1.165, 1.54) is 5.56 Å². The van der Waals surface area contributed by atoms with Crippen molar-refractivity contribution in [1.29, 1.82) is 0 Å². The minimum Gasteiger partial charge on any atom is -0.383 e. The van der Waals surface area contributed by atoms with Crippen LogP contribution in [0.5, 0.6) is 0 Å². The van der Waals surface area contributed by atoms with Crippen LogP contribution in [0.3, 0.4) is 0 Å². The molecule has 2 N–H and O–H groups in total. The van der Waals surface area contributed by atoms with Gasteiger partial charge in [0.15, 0.2) is 0 Å². The fraction of sp³-hybridized carbons (Fsp3) is 0.357. The van der Waals surface area contributed by atoms with Gasteiger partial charge >= 0.3 is 0 Å². The van der Waals surface area contributed by atoms with E-state index >= 15 is 0 Å². The molecule has 0 fully saturated rings. The van der Waals surface area contributed by atoms with Crippen LogP contribution < -0.4 is 5.73 Å². The Morgan fingerprint density at radius 2 is 2.11 bits per heavy atom. The molecular formula is C14H19N3O. The van der Waals surface area contributed by atoms with Gasteiger partial charge in [0.25, 0.3) is 0 Å². The summed E-state index contributed by atoms with van der Waals surface area (Å²) in [7, 11) is 1.68. The Morgan fingerprint density at radius 3 is 2.83 bits per heavy atom. The van der Waals surface area contributed by atoms with Gasteiger partial charge in [-0.05, 0) is 24.1 Å². The molecule has 0 spiro atoms. The summed E-state index contributed by atoms with van der Waals surface area (Å²) in [5.74, 6) is 0. The molecule has 1 unspecified atom stereocenters. The van der Waals surface area contributed by atoms with E-state index in [0.717, 1.165) is 17.8 Å². The van der Waals surface area contributed by atoms with Crippen LogP contribution in [0.1, 0.15) is 22.9 Å². The van der Waals surface area contributed by atoms with Crippen LogP contribution in [0.25, 0.3) is 0 Å². The predicted molar refractivity (Wildman–Crippen MR) is 71.3 cm³/mol. The first kappa shape index (κ1) is 12.8. The first-order chi connectivity index (χ1) is 8.74. The molecule has 2 aromatic rings. The first-order valence-electron chi connectivity index (χ1n) is 6.05. The number of aromatic nitrogens is 2. The summed E-state index contributed by atoms with van der Waals surface area (Å²) < 4.78 is 6.98. The molecule has 1 heterocycles. The lowest BCUT2D eigenvalue weighted by atomic mass is 9.99. The van der Waals surface area contributed by atoms with E-state index in [1.54, 1.807) is 13.3 Å². The Morgan fingerprint density at radius 1 is 1.33 bits per heavy atom. The summed E-state index contributed by atoms with van der Waals surface area (Å²) in [4.78, 5) is 0. The van der Waals surface area contributed by atoms with Gasteiger partial charge in [-0.25, -0.2) is 0 Å². The molecule has 96 valence electrons. The third kappa shape index (κ3) is 2.60. The van der Waals surface area contributed by atoms with Crippen LogP contribution in [0.2, 0.25) is 0 Å². The lowest BCUT2D eigenvalue weighted by Gasteiger charge is -2.16. The van der Waals surface area contributed by atoms with E-state index in [-0.39, 0.29) is 6.04 Å². The lowest BCUT2D eigenvalue weighted by molar-refractivity contribution is 0.182. The Labute approximate surface area is 107 Å². The summed E-state index contributed by atoms with van der Waals surface area (Å²) in [5, 5.41) is 4.29. The van der Waals surface area contributed by atoms with Gasteiger partial charge in [-0.3, -0.25) is 4.68 Å². The van der Waals surface area contributed by atoms with Crippen molar-refractivity contribution >= 4 is 0 Å². The zero-order chi connectivity index (χ0) is 13.0. The molecule has 1 aromatic carbocycles. The quantitative estimate of drug-likeness (QED) is 0.875. The molecule has 0 aliphatic carbocycles. The third-order valence-electron chi connectivity index (χ3n) is 3.10. The molecule has 0 saturated carbocycles. The van der Waals surface area contributed by atoms with E-state index in [2.05, 4.69) is 24.2 Å². The molecule has 2 rings (SSSR count). The third-order valence-corrected chi connectivity index (χ3v) is 3.10. The first-order valence-corrected chi connectivity index (χ1v) is 6.05. The standard InChI is InChI=1S/C14H19N3O/c1-11-5-3-4-6-12(11)14(15)13-7-8-16-17(13)9-10-18-2/h3-8,14H,9-10,15H2,1-2H3. The van der Waals surface area contributed by atoms with E-state index < -0.39 is 0 Å². The van der Waals surface area contributed by atoms with Gasteiger partial charge in [0, 0.05) is 13.3 Å². The summed E-state index contributed by atoms with van der Waals surface area (Å²) in [6.07, 6.45) is 1.78. The largest absolute Gasteiger partial charge is 0.383 e. The average Bonchev–Trinajstić information content (AvgIpc) is 2.84. The van der Waals surface area contributed by atoms with Crippen LogP contribution in [0.4, 0.5) is 0 Å². The van der Waals surface area contributed by atoms with Crippen molar-refractivity contribution in [2.75, 3.05) is 13.7 Å². The van der Waals surface area contributed by atoms with Crippen LogP contribution in [-0.4, -0.2) is 23.5 Å². The number of hydrogen-bond acceptors (Lipinski definition) is 3. The summed E-state index contributed by atoms with van der Waals surface area (Å²) in [6, 6.07) is 9.99. The maximum absolute atomic E-state index is 6.33. The molecule has 4 nitrogen and oxygen atoms in total. The molecule has 18 heavy (non-hydrogen) atoms. The Balaban J connectivity index is 2.26. The van der Waals surface area contributed by atoms with Crippen molar-refractivity contribution in [2.45, 2.75) is 19.5 Å². The summed E-state index contributed by atoms with van der Waals surface area (Å²) in [6.45, 7) is 3.43. The van der Waals surface area contributed by atoms with Gasteiger partial charge in [0.2, 0.25) is 0 Å². The normalized spacial score (nSPS) is 12.6. The van der Waals surface area contributed by atoms with Crippen molar-refractivity contribution in [3.05, 3.63) is 53.3 Å². The molecule has 4 heteroatoms.